The second-order valence-corrected chi connectivity index (χ2v) is 7.26. The highest BCUT2D eigenvalue weighted by molar-refractivity contribution is 5.95. The zero-order valence-corrected chi connectivity index (χ0v) is 16.0. The Kier molecular flexibility index (Phi) is 6.66. The molecule has 1 aliphatic rings. The lowest BCUT2D eigenvalue weighted by Gasteiger charge is -2.23. The normalized spacial score (nSPS) is 14.6. The maximum absolute atomic E-state index is 12.3. The fraction of sp³-hybridized carbons (Fsp3) is 0.364. The van der Waals surface area contributed by atoms with E-state index in [4.69, 9.17) is 11.1 Å². The smallest absolute Gasteiger partial charge is 0.251 e. The summed E-state index contributed by atoms with van der Waals surface area (Å²) >= 11 is 0. The van der Waals surface area contributed by atoms with Crippen molar-refractivity contribution in [1.29, 1.82) is 5.41 Å². The summed E-state index contributed by atoms with van der Waals surface area (Å²) in [5, 5.41) is 23.7. The number of rotatable bonds is 7. The fourth-order valence-corrected chi connectivity index (χ4v) is 3.60. The number of hydrogen-bond donors (Lipinski definition) is 5. The number of aromatic hydroxyl groups is 1. The average molecular weight is 380 g/mol. The van der Waals surface area contributed by atoms with Crippen molar-refractivity contribution >= 4 is 11.7 Å². The number of benzene rings is 2. The van der Waals surface area contributed by atoms with Gasteiger partial charge in [0.1, 0.15) is 11.6 Å². The van der Waals surface area contributed by atoms with Crippen LogP contribution in [0.2, 0.25) is 0 Å². The van der Waals surface area contributed by atoms with Gasteiger partial charge in [-0.05, 0) is 86.1 Å². The second kappa shape index (κ2) is 9.37. The van der Waals surface area contributed by atoms with Crippen LogP contribution < -0.4 is 16.4 Å². The van der Waals surface area contributed by atoms with Crippen LogP contribution in [-0.2, 0) is 6.42 Å². The van der Waals surface area contributed by atoms with Crippen LogP contribution in [0.15, 0.2) is 42.5 Å². The van der Waals surface area contributed by atoms with Gasteiger partial charge in [-0.25, -0.2) is 0 Å². The lowest BCUT2D eigenvalue weighted by Crippen LogP contribution is -2.27. The van der Waals surface area contributed by atoms with Crippen molar-refractivity contribution in [3.05, 3.63) is 64.7 Å². The van der Waals surface area contributed by atoms with Crippen molar-refractivity contribution in [2.45, 2.75) is 31.6 Å². The number of carbonyl (C=O) groups is 1. The molecule has 0 aliphatic carbocycles. The maximum Gasteiger partial charge on any atom is 0.251 e. The molecule has 1 heterocycles. The summed E-state index contributed by atoms with van der Waals surface area (Å²) < 4.78 is 0. The molecule has 6 nitrogen and oxygen atoms in total. The summed E-state index contributed by atoms with van der Waals surface area (Å²) in [5.41, 5.74) is 8.78. The molecule has 1 fully saturated rings. The van der Waals surface area contributed by atoms with E-state index in [1.807, 2.05) is 12.1 Å². The summed E-state index contributed by atoms with van der Waals surface area (Å²) in [6.07, 6.45) is 3.57. The summed E-state index contributed by atoms with van der Waals surface area (Å²) in [5.74, 6) is 0.655. The number of piperidine rings is 1. The van der Waals surface area contributed by atoms with E-state index in [9.17, 15) is 9.90 Å². The van der Waals surface area contributed by atoms with E-state index < -0.39 is 0 Å². The Morgan fingerprint density at radius 1 is 1.14 bits per heavy atom. The summed E-state index contributed by atoms with van der Waals surface area (Å²) in [6, 6.07) is 12.8. The van der Waals surface area contributed by atoms with Crippen LogP contribution in [0.4, 0.5) is 0 Å². The van der Waals surface area contributed by atoms with E-state index in [0.29, 0.717) is 36.4 Å². The highest BCUT2D eigenvalue weighted by atomic mass is 16.3. The van der Waals surface area contributed by atoms with Crippen molar-refractivity contribution in [3.8, 4) is 5.75 Å². The number of phenolic OH excluding ortho intramolecular Hbond substituents is 1. The number of aryl methyl sites for hydroxylation is 1. The Hall–Kier alpha value is -2.86. The topological polar surface area (TPSA) is 111 Å². The summed E-state index contributed by atoms with van der Waals surface area (Å²) in [7, 11) is 0. The van der Waals surface area contributed by atoms with Crippen LogP contribution >= 0.6 is 0 Å². The largest absolute Gasteiger partial charge is 0.508 e. The molecule has 0 atom stereocenters. The molecule has 0 unspecified atom stereocenters. The number of amidine groups is 1. The van der Waals surface area contributed by atoms with Gasteiger partial charge in [0, 0.05) is 17.7 Å². The van der Waals surface area contributed by atoms with Crippen LogP contribution in [0.5, 0.6) is 5.75 Å². The number of hydrogen-bond acceptors (Lipinski definition) is 4. The van der Waals surface area contributed by atoms with Gasteiger partial charge in [0.2, 0.25) is 0 Å². The van der Waals surface area contributed by atoms with Gasteiger partial charge in [-0.3, -0.25) is 10.2 Å². The Bertz CT molecular complexity index is 827. The van der Waals surface area contributed by atoms with Crippen LogP contribution in [0.25, 0.3) is 0 Å². The SMILES string of the molecule is N=C(N)c1ccc(O)c(CCCNC(=O)c2ccc(C3CCNCC3)cc2)c1. The molecule has 0 saturated carbocycles. The predicted molar refractivity (Wildman–Crippen MR) is 111 cm³/mol. The predicted octanol–water partition coefficient (Wildman–Crippen LogP) is 2.51. The Morgan fingerprint density at radius 3 is 2.50 bits per heavy atom. The number of phenols is 1. The molecule has 2 aromatic carbocycles. The minimum Gasteiger partial charge on any atom is -0.508 e. The van der Waals surface area contributed by atoms with E-state index in [-0.39, 0.29) is 17.5 Å². The van der Waals surface area contributed by atoms with E-state index in [0.717, 1.165) is 31.5 Å². The molecule has 1 saturated heterocycles. The van der Waals surface area contributed by atoms with Gasteiger partial charge in [-0.15, -0.1) is 0 Å². The zero-order chi connectivity index (χ0) is 19.9. The number of nitrogens with one attached hydrogen (secondary N) is 3. The van der Waals surface area contributed by atoms with E-state index in [1.54, 1.807) is 18.2 Å². The van der Waals surface area contributed by atoms with Crippen molar-refractivity contribution in [2.75, 3.05) is 19.6 Å². The van der Waals surface area contributed by atoms with E-state index >= 15 is 0 Å². The number of amides is 1. The van der Waals surface area contributed by atoms with Crippen molar-refractivity contribution in [1.82, 2.24) is 10.6 Å². The van der Waals surface area contributed by atoms with Crippen LogP contribution in [-0.4, -0.2) is 36.5 Å². The maximum atomic E-state index is 12.3. The standard InChI is InChI=1S/C22H28N4O2/c23-21(24)19-7-8-20(27)18(14-19)2-1-11-26-22(28)17-5-3-15(4-6-17)16-9-12-25-13-10-16/h3-8,14,16,25,27H,1-2,9-13H2,(H3,23,24)(H,26,28). The molecular weight excluding hydrogens is 352 g/mol. The first-order valence-electron chi connectivity index (χ1n) is 9.80. The van der Waals surface area contributed by atoms with Gasteiger partial charge >= 0.3 is 0 Å². The van der Waals surface area contributed by atoms with Gasteiger partial charge in [-0.1, -0.05) is 12.1 Å². The second-order valence-electron chi connectivity index (χ2n) is 7.26. The number of nitrogens with two attached hydrogens (primary N) is 1. The lowest BCUT2D eigenvalue weighted by atomic mass is 9.90. The Labute approximate surface area is 165 Å². The Balaban J connectivity index is 1.48. The van der Waals surface area contributed by atoms with Crippen LogP contribution in [0, 0.1) is 5.41 Å². The highest BCUT2D eigenvalue weighted by Gasteiger charge is 2.15. The molecule has 1 amide bonds. The van der Waals surface area contributed by atoms with Gasteiger partial charge < -0.3 is 21.5 Å². The zero-order valence-electron chi connectivity index (χ0n) is 16.0. The molecule has 2 aromatic rings. The minimum absolute atomic E-state index is 0.0255. The molecule has 6 N–H and O–H groups in total. The van der Waals surface area contributed by atoms with Gasteiger partial charge in [0.25, 0.3) is 5.91 Å². The first-order valence-corrected chi connectivity index (χ1v) is 9.80. The lowest BCUT2D eigenvalue weighted by molar-refractivity contribution is 0.0953. The average Bonchev–Trinajstić information content (AvgIpc) is 2.72. The number of carbonyl (C=O) groups excluding carboxylic acids is 1. The fourth-order valence-electron chi connectivity index (χ4n) is 3.60. The first-order chi connectivity index (χ1) is 13.5. The van der Waals surface area contributed by atoms with Crippen molar-refractivity contribution in [3.63, 3.8) is 0 Å². The molecule has 148 valence electrons. The van der Waals surface area contributed by atoms with Gasteiger partial charge in [-0.2, -0.15) is 0 Å². The molecule has 0 aromatic heterocycles. The van der Waals surface area contributed by atoms with Gasteiger partial charge in [0.05, 0.1) is 0 Å². The molecule has 0 spiro atoms. The summed E-state index contributed by atoms with van der Waals surface area (Å²) in [6.45, 7) is 2.62. The molecule has 1 aliphatic heterocycles. The van der Waals surface area contributed by atoms with Crippen LogP contribution in [0.3, 0.4) is 0 Å². The van der Waals surface area contributed by atoms with E-state index in [2.05, 4.69) is 22.8 Å². The molecule has 0 bridgehead atoms. The third kappa shape index (κ3) is 5.10. The molecule has 3 rings (SSSR count). The van der Waals surface area contributed by atoms with Crippen LogP contribution in [0.1, 0.15) is 52.2 Å². The number of nitrogen functional groups attached to an aromatic ring is 1. The molecule has 28 heavy (non-hydrogen) atoms. The molecule has 0 radical (unpaired) electrons. The molecular formula is C22H28N4O2. The van der Waals surface area contributed by atoms with E-state index in [1.165, 1.54) is 5.56 Å². The minimum atomic E-state index is -0.0847. The Morgan fingerprint density at radius 2 is 1.82 bits per heavy atom. The van der Waals surface area contributed by atoms with Crippen molar-refractivity contribution < 1.29 is 9.90 Å². The quantitative estimate of drug-likeness (QED) is 0.289. The first kappa shape index (κ1) is 19.9. The third-order valence-electron chi connectivity index (χ3n) is 5.28. The van der Waals surface area contributed by atoms with Crippen molar-refractivity contribution in [2.24, 2.45) is 5.73 Å². The highest BCUT2D eigenvalue weighted by Crippen LogP contribution is 2.25. The van der Waals surface area contributed by atoms with Gasteiger partial charge in [0.15, 0.2) is 0 Å². The third-order valence-corrected chi connectivity index (χ3v) is 5.28. The summed E-state index contributed by atoms with van der Waals surface area (Å²) in [4.78, 5) is 12.3. The monoisotopic (exact) mass is 380 g/mol. The molecule has 6 heteroatoms.